The molecule has 1 aromatic carbocycles. The predicted octanol–water partition coefficient (Wildman–Crippen LogP) is 3.04. The average Bonchev–Trinajstić information content (AvgIpc) is 3.22. The molecule has 0 aromatic heterocycles. The van der Waals surface area contributed by atoms with E-state index in [9.17, 15) is 9.90 Å². The number of benzene rings is 1. The Morgan fingerprint density at radius 3 is 2.66 bits per heavy atom. The lowest BCUT2D eigenvalue weighted by atomic mass is 9.83. The van der Waals surface area contributed by atoms with Crippen LogP contribution < -0.4 is 14.8 Å². The number of nitrogens with zero attached hydrogens (tertiary/aromatic N) is 1. The van der Waals surface area contributed by atoms with Crippen LogP contribution in [0.4, 0.5) is 0 Å². The van der Waals surface area contributed by atoms with E-state index < -0.39 is 6.10 Å². The summed E-state index contributed by atoms with van der Waals surface area (Å²) >= 11 is 0. The number of carbonyl (C=O) groups excluding carboxylic acids is 1. The maximum Gasteiger partial charge on any atom is 0.248 e. The molecule has 1 saturated carbocycles. The van der Waals surface area contributed by atoms with Crippen molar-refractivity contribution in [2.75, 3.05) is 26.4 Å². The summed E-state index contributed by atoms with van der Waals surface area (Å²) in [6, 6.07) is 6.51. The van der Waals surface area contributed by atoms with Crippen LogP contribution in [0.2, 0.25) is 0 Å². The second kappa shape index (κ2) is 9.35. The normalized spacial score (nSPS) is 26.3. The second-order valence-electron chi connectivity index (χ2n) is 8.89. The molecule has 1 aromatic rings. The second-order valence-corrected chi connectivity index (χ2v) is 8.89. The summed E-state index contributed by atoms with van der Waals surface area (Å²) in [4.78, 5) is 14.2. The Morgan fingerprint density at radius 1 is 1.17 bits per heavy atom. The minimum absolute atomic E-state index is 0.239. The van der Waals surface area contributed by atoms with Gasteiger partial charge in [0.1, 0.15) is 6.10 Å². The van der Waals surface area contributed by atoms with Gasteiger partial charge < -0.3 is 24.8 Å². The Labute approximate surface area is 173 Å². The van der Waals surface area contributed by atoms with Gasteiger partial charge in [-0.3, -0.25) is 4.79 Å². The number of ether oxygens (including phenoxy) is 2. The number of amides is 1. The van der Waals surface area contributed by atoms with E-state index in [0.29, 0.717) is 12.7 Å². The molecule has 3 aliphatic rings. The molecule has 1 atom stereocenters. The Balaban J connectivity index is 1.17. The first-order chi connectivity index (χ1) is 14.1. The van der Waals surface area contributed by atoms with Crippen LogP contribution in [0.3, 0.4) is 0 Å². The van der Waals surface area contributed by atoms with E-state index in [0.717, 1.165) is 43.3 Å². The van der Waals surface area contributed by atoms with Gasteiger partial charge in [0, 0.05) is 11.6 Å². The van der Waals surface area contributed by atoms with Crippen LogP contribution in [0.1, 0.15) is 63.4 Å². The summed E-state index contributed by atoms with van der Waals surface area (Å²) < 4.78 is 11.2. The van der Waals surface area contributed by atoms with Gasteiger partial charge in [0.15, 0.2) is 11.5 Å². The number of para-hydroxylation sites is 1. The van der Waals surface area contributed by atoms with E-state index in [1.807, 2.05) is 6.07 Å². The molecule has 1 saturated heterocycles. The van der Waals surface area contributed by atoms with Gasteiger partial charge in [-0.2, -0.15) is 0 Å². The third-order valence-electron chi connectivity index (χ3n) is 6.88. The van der Waals surface area contributed by atoms with Gasteiger partial charge in [0.25, 0.3) is 0 Å². The van der Waals surface area contributed by atoms with Crippen LogP contribution in [-0.4, -0.2) is 54.5 Å². The number of aliphatic hydroxyl groups is 1. The number of hydrogen-bond donors (Lipinski definition) is 2. The molecule has 0 spiro atoms. The maximum absolute atomic E-state index is 11.6. The minimum atomic E-state index is -0.910. The smallest absolute Gasteiger partial charge is 0.248 e. The predicted molar refractivity (Wildman–Crippen MR) is 111 cm³/mol. The largest absolute Gasteiger partial charge is 0.454 e. The molecule has 29 heavy (non-hydrogen) atoms. The lowest BCUT2D eigenvalue weighted by molar-refractivity contribution is -0.129. The fraction of sp³-hybridized carbons (Fsp3) is 0.696. The van der Waals surface area contributed by atoms with Gasteiger partial charge in [-0.15, -0.1) is 0 Å². The Hall–Kier alpha value is -1.79. The first-order valence-electron chi connectivity index (χ1n) is 11.2. The number of fused-ring (bicyclic) bond motifs is 1. The van der Waals surface area contributed by atoms with Gasteiger partial charge >= 0.3 is 0 Å². The van der Waals surface area contributed by atoms with E-state index in [1.165, 1.54) is 51.1 Å². The number of likely N-dealkylation sites (tertiary alicyclic amines) is 1. The highest BCUT2D eigenvalue weighted by Gasteiger charge is 2.28. The zero-order valence-corrected chi connectivity index (χ0v) is 17.4. The van der Waals surface area contributed by atoms with Gasteiger partial charge in [0.05, 0.1) is 0 Å². The van der Waals surface area contributed by atoms with Crippen molar-refractivity contribution in [2.45, 2.75) is 69.9 Å². The van der Waals surface area contributed by atoms with Crippen molar-refractivity contribution in [3.63, 3.8) is 0 Å². The molecular formula is C23H34N2O4. The fourth-order valence-electron chi connectivity index (χ4n) is 5.02. The fourth-order valence-corrected chi connectivity index (χ4v) is 5.02. The Bertz CT molecular complexity index is 692. The summed E-state index contributed by atoms with van der Waals surface area (Å²) in [5.74, 6) is 2.94. The number of hydrogen-bond acceptors (Lipinski definition) is 5. The highest BCUT2D eigenvalue weighted by molar-refractivity contribution is 5.80. The molecule has 1 unspecified atom stereocenters. The minimum Gasteiger partial charge on any atom is -0.454 e. The first kappa shape index (κ1) is 20.5. The van der Waals surface area contributed by atoms with E-state index in [-0.39, 0.29) is 11.9 Å². The number of carbonyl (C=O) groups is 1. The number of piperidine rings is 1. The number of rotatable bonds is 6. The lowest BCUT2D eigenvalue weighted by Gasteiger charge is -2.34. The van der Waals surface area contributed by atoms with E-state index in [2.05, 4.69) is 22.3 Å². The van der Waals surface area contributed by atoms with E-state index in [1.54, 1.807) is 0 Å². The number of nitrogens with one attached hydrogen (secondary N) is 1. The van der Waals surface area contributed by atoms with Crippen molar-refractivity contribution in [2.24, 2.45) is 5.92 Å². The lowest BCUT2D eigenvalue weighted by Crippen LogP contribution is -2.42. The molecule has 2 N–H and O–H groups in total. The van der Waals surface area contributed by atoms with Crippen LogP contribution in [-0.2, 0) is 4.79 Å². The molecular weight excluding hydrogens is 368 g/mol. The van der Waals surface area contributed by atoms with Crippen LogP contribution in [0.15, 0.2) is 18.2 Å². The van der Waals surface area contributed by atoms with Gasteiger partial charge in [-0.1, -0.05) is 12.1 Å². The molecule has 0 radical (unpaired) electrons. The van der Waals surface area contributed by atoms with Crippen molar-refractivity contribution in [3.8, 4) is 11.5 Å². The molecule has 6 nitrogen and oxygen atoms in total. The van der Waals surface area contributed by atoms with Crippen molar-refractivity contribution >= 4 is 5.91 Å². The average molecular weight is 403 g/mol. The number of aliphatic hydroxyl groups excluding tert-OH is 1. The topological polar surface area (TPSA) is 71.0 Å². The molecule has 2 fully saturated rings. The Kier molecular flexibility index (Phi) is 6.60. The van der Waals surface area contributed by atoms with E-state index >= 15 is 0 Å². The summed E-state index contributed by atoms with van der Waals surface area (Å²) in [5, 5.41) is 12.3. The van der Waals surface area contributed by atoms with Crippen molar-refractivity contribution in [1.82, 2.24) is 10.2 Å². The summed E-state index contributed by atoms with van der Waals surface area (Å²) in [6.45, 7) is 5.34. The molecule has 1 amide bonds. The van der Waals surface area contributed by atoms with Crippen molar-refractivity contribution in [3.05, 3.63) is 23.8 Å². The molecule has 160 valence electrons. The molecule has 0 bridgehead atoms. The van der Waals surface area contributed by atoms with E-state index in [4.69, 9.17) is 9.47 Å². The highest BCUT2D eigenvalue weighted by Crippen LogP contribution is 2.42. The first-order valence-corrected chi connectivity index (χ1v) is 11.2. The van der Waals surface area contributed by atoms with Crippen molar-refractivity contribution in [1.29, 1.82) is 0 Å². The standard InChI is InChI=1S/C23H34N2O4/c1-16(26)23(27)24-19-7-5-17(6-8-19)9-12-25-13-10-18(11-14-25)20-3-2-4-21-22(20)29-15-28-21/h2-4,16-19,26H,5-15H2,1H3,(H,24,27). The van der Waals surface area contributed by atoms with Crippen LogP contribution in [0, 0.1) is 5.92 Å². The molecule has 2 aliphatic heterocycles. The molecule has 1 aliphatic carbocycles. The monoisotopic (exact) mass is 402 g/mol. The van der Waals surface area contributed by atoms with Crippen molar-refractivity contribution < 1.29 is 19.4 Å². The van der Waals surface area contributed by atoms with Gasteiger partial charge in [-0.05, 0) is 89.4 Å². The third-order valence-corrected chi connectivity index (χ3v) is 6.88. The molecule has 2 heterocycles. The van der Waals surface area contributed by atoms with Gasteiger partial charge in [0.2, 0.25) is 12.7 Å². The van der Waals surface area contributed by atoms with Crippen LogP contribution in [0.25, 0.3) is 0 Å². The van der Waals surface area contributed by atoms with Crippen LogP contribution >= 0.6 is 0 Å². The van der Waals surface area contributed by atoms with Crippen LogP contribution in [0.5, 0.6) is 11.5 Å². The van der Waals surface area contributed by atoms with Gasteiger partial charge in [-0.25, -0.2) is 0 Å². The quantitative estimate of drug-likeness (QED) is 0.765. The molecule has 6 heteroatoms. The summed E-state index contributed by atoms with van der Waals surface area (Å²) in [6.07, 6.45) is 7.11. The SMILES string of the molecule is CC(O)C(=O)NC1CCC(CCN2CCC(c3cccc4c3OCO4)CC2)CC1. The highest BCUT2D eigenvalue weighted by atomic mass is 16.7. The zero-order chi connectivity index (χ0) is 20.2. The Morgan fingerprint density at radius 2 is 1.93 bits per heavy atom. The summed E-state index contributed by atoms with van der Waals surface area (Å²) in [5.41, 5.74) is 1.32. The maximum atomic E-state index is 11.6. The summed E-state index contributed by atoms with van der Waals surface area (Å²) in [7, 11) is 0. The molecule has 4 rings (SSSR count). The zero-order valence-electron chi connectivity index (χ0n) is 17.4. The third kappa shape index (κ3) is 5.04.